The molecule has 1 N–H and O–H groups in total. The van der Waals surface area contributed by atoms with Gasteiger partial charge in [0, 0.05) is 31.9 Å². The van der Waals surface area contributed by atoms with Crippen LogP contribution in [0.3, 0.4) is 0 Å². The van der Waals surface area contributed by atoms with Gasteiger partial charge in [0.2, 0.25) is 0 Å². The molecule has 20 heavy (non-hydrogen) atoms. The number of aromatic nitrogens is 2. The van der Waals surface area contributed by atoms with Crippen molar-refractivity contribution >= 4 is 5.91 Å². The number of rotatable bonds is 3. The lowest BCUT2D eigenvalue weighted by Gasteiger charge is -2.23. The number of amides is 1. The Kier molecular flexibility index (Phi) is 3.34. The van der Waals surface area contributed by atoms with E-state index in [1.807, 2.05) is 26.2 Å². The first-order valence-corrected chi connectivity index (χ1v) is 6.98. The minimum atomic E-state index is -0.0479. The minimum Gasteiger partial charge on any atom is -0.466 e. The topological polar surface area (TPSA) is 60.1 Å². The number of hydrogen-bond acceptors (Lipinski definition) is 3. The van der Waals surface area contributed by atoms with E-state index in [1.54, 1.807) is 6.07 Å². The van der Waals surface area contributed by atoms with Gasteiger partial charge < -0.3 is 14.3 Å². The Labute approximate surface area is 118 Å². The number of aryl methyl sites for hydroxylation is 3. The summed E-state index contributed by atoms with van der Waals surface area (Å²) >= 11 is 0. The average molecular weight is 273 g/mol. The molecule has 1 atom stereocenters. The predicted molar refractivity (Wildman–Crippen MR) is 74.6 cm³/mol. The summed E-state index contributed by atoms with van der Waals surface area (Å²) in [6, 6.07) is 1.79. The van der Waals surface area contributed by atoms with Crippen LogP contribution in [-0.2, 0) is 13.0 Å². The van der Waals surface area contributed by atoms with Crippen molar-refractivity contribution in [1.29, 1.82) is 0 Å². The largest absolute Gasteiger partial charge is 0.466 e. The molecule has 2 aromatic rings. The maximum atomic E-state index is 12.1. The summed E-state index contributed by atoms with van der Waals surface area (Å²) in [5.74, 6) is 2.98. The van der Waals surface area contributed by atoms with Crippen molar-refractivity contribution in [2.24, 2.45) is 5.92 Å². The van der Waals surface area contributed by atoms with Crippen LogP contribution in [0, 0.1) is 19.8 Å². The molecule has 1 aliphatic heterocycles. The summed E-state index contributed by atoms with van der Waals surface area (Å²) in [6.07, 6.45) is 5.86. The molecule has 2 aromatic heterocycles. The number of nitrogens with zero attached hydrogens (tertiary/aromatic N) is 2. The number of hydrogen-bond donors (Lipinski definition) is 1. The molecule has 3 rings (SSSR count). The van der Waals surface area contributed by atoms with Crippen LogP contribution in [0.25, 0.3) is 0 Å². The summed E-state index contributed by atoms with van der Waals surface area (Å²) in [6.45, 7) is 5.35. The van der Waals surface area contributed by atoms with Gasteiger partial charge in [-0.3, -0.25) is 4.79 Å². The summed E-state index contributed by atoms with van der Waals surface area (Å²) in [5, 5.41) is 3.01. The van der Waals surface area contributed by atoms with Crippen LogP contribution in [0.2, 0.25) is 0 Å². The van der Waals surface area contributed by atoms with Crippen LogP contribution in [0.1, 0.15) is 34.1 Å². The highest BCUT2D eigenvalue weighted by molar-refractivity contribution is 5.95. The standard InChI is InChI=1S/C15H19N3O2/c1-10-7-13(11(2)20-10)15(19)17-9-12-3-5-18-6-4-16-14(18)8-12/h4,6-7,12H,3,5,8-9H2,1-2H3,(H,17,19)/t12-/m1/s1. The Hall–Kier alpha value is -2.04. The van der Waals surface area contributed by atoms with Crippen molar-refractivity contribution in [3.63, 3.8) is 0 Å². The number of carbonyl (C=O) groups excluding carboxylic acids is 1. The molecule has 106 valence electrons. The second kappa shape index (κ2) is 5.15. The van der Waals surface area contributed by atoms with E-state index in [1.165, 1.54) is 0 Å². The molecule has 5 heteroatoms. The first-order chi connectivity index (χ1) is 9.63. The van der Waals surface area contributed by atoms with Gasteiger partial charge in [0.1, 0.15) is 17.3 Å². The molecule has 5 nitrogen and oxygen atoms in total. The van der Waals surface area contributed by atoms with Crippen LogP contribution in [0.4, 0.5) is 0 Å². The van der Waals surface area contributed by atoms with Crippen molar-refractivity contribution in [1.82, 2.24) is 14.9 Å². The van der Waals surface area contributed by atoms with Crippen LogP contribution in [-0.4, -0.2) is 22.0 Å². The van der Waals surface area contributed by atoms with Gasteiger partial charge in [-0.15, -0.1) is 0 Å². The van der Waals surface area contributed by atoms with E-state index >= 15 is 0 Å². The number of nitrogens with one attached hydrogen (secondary N) is 1. The quantitative estimate of drug-likeness (QED) is 0.931. The van der Waals surface area contributed by atoms with Crippen molar-refractivity contribution in [2.45, 2.75) is 33.2 Å². The fourth-order valence-electron chi connectivity index (χ4n) is 2.78. The van der Waals surface area contributed by atoms with E-state index < -0.39 is 0 Å². The van der Waals surface area contributed by atoms with E-state index in [0.717, 1.165) is 31.0 Å². The fraction of sp³-hybridized carbons (Fsp3) is 0.467. The molecule has 0 radical (unpaired) electrons. The van der Waals surface area contributed by atoms with Crippen molar-refractivity contribution in [3.8, 4) is 0 Å². The minimum absolute atomic E-state index is 0.0479. The third-order valence-electron chi connectivity index (χ3n) is 3.89. The van der Waals surface area contributed by atoms with E-state index in [-0.39, 0.29) is 5.91 Å². The Morgan fingerprint density at radius 1 is 1.55 bits per heavy atom. The molecule has 1 amide bonds. The molecule has 3 heterocycles. The third kappa shape index (κ3) is 2.48. The Morgan fingerprint density at radius 3 is 3.15 bits per heavy atom. The second-order valence-electron chi connectivity index (χ2n) is 5.43. The van der Waals surface area contributed by atoms with Gasteiger partial charge in [0.05, 0.1) is 5.56 Å². The highest BCUT2D eigenvalue weighted by atomic mass is 16.3. The zero-order chi connectivity index (χ0) is 14.1. The molecular weight excluding hydrogens is 254 g/mol. The van der Waals surface area contributed by atoms with Gasteiger partial charge in [0.15, 0.2) is 0 Å². The molecular formula is C15H19N3O2. The van der Waals surface area contributed by atoms with Crippen molar-refractivity contribution in [3.05, 3.63) is 41.4 Å². The van der Waals surface area contributed by atoms with Crippen LogP contribution >= 0.6 is 0 Å². The zero-order valence-corrected chi connectivity index (χ0v) is 11.8. The third-order valence-corrected chi connectivity index (χ3v) is 3.89. The predicted octanol–water partition coefficient (Wildman–Crippen LogP) is 2.09. The molecule has 0 saturated heterocycles. The van der Waals surface area contributed by atoms with Crippen LogP contribution in [0.5, 0.6) is 0 Å². The van der Waals surface area contributed by atoms with E-state index in [0.29, 0.717) is 23.8 Å². The van der Waals surface area contributed by atoms with E-state index in [4.69, 9.17) is 4.42 Å². The van der Waals surface area contributed by atoms with E-state index in [9.17, 15) is 4.79 Å². The molecule has 1 aliphatic rings. The molecule has 0 aliphatic carbocycles. The monoisotopic (exact) mass is 273 g/mol. The smallest absolute Gasteiger partial charge is 0.254 e. The second-order valence-corrected chi connectivity index (χ2v) is 5.43. The summed E-state index contributed by atoms with van der Waals surface area (Å²) < 4.78 is 7.57. The van der Waals surface area contributed by atoms with Gasteiger partial charge >= 0.3 is 0 Å². The van der Waals surface area contributed by atoms with E-state index in [2.05, 4.69) is 14.9 Å². The number of furan rings is 1. The van der Waals surface area contributed by atoms with Gasteiger partial charge in [-0.05, 0) is 32.3 Å². The lowest BCUT2D eigenvalue weighted by molar-refractivity contribution is 0.0943. The first kappa shape index (κ1) is 13.0. The highest BCUT2D eigenvalue weighted by Gasteiger charge is 2.20. The Bertz CT molecular complexity index is 627. The SMILES string of the molecule is Cc1cc(C(=O)NC[C@@H]2CCn3ccnc3C2)c(C)o1. The normalized spacial score (nSPS) is 17.8. The summed E-state index contributed by atoms with van der Waals surface area (Å²) in [4.78, 5) is 16.5. The summed E-state index contributed by atoms with van der Waals surface area (Å²) in [7, 11) is 0. The molecule has 0 aromatic carbocycles. The van der Waals surface area contributed by atoms with Crippen LogP contribution < -0.4 is 5.32 Å². The van der Waals surface area contributed by atoms with Crippen LogP contribution in [0.15, 0.2) is 22.9 Å². The highest BCUT2D eigenvalue weighted by Crippen LogP contribution is 2.19. The lowest BCUT2D eigenvalue weighted by Crippen LogP contribution is -2.33. The molecule has 0 bridgehead atoms. The van der Waals surface area contributed by atoms with Gasteiger partial charge in [-0.1, -0.05) is 0 Å². The van der Waals surface area contributed by atoms with Gasteiger partial charge in [0.25, 0.3) is 5.91 Å². The maximum Gasteiger partial charge on any atom is 0.254 e. The Balaban J connectivity index is 1.58. The molecule has 0 saturated carbocycles. The average Bonchev–Trinajstić information content (AvgIpc) is 3.01. The first-order valence-electron chi connectivity index (χ1n) is 6.98. The van der Waals surface area contributed by atoms with Gasteiger partial charge in [-0.2, -0.15) is 0 Å². The molecule has 0 unspecified atom stereocenters. The summed E-state index contributed by atoms with van der Waals surface area (Å²) in [5.41, 5.74) is 0.639. The number of carbonyl (C=O) groups is 1. The van der Waals surface area contributed by atoms with Crippen molar-refractivity contribution < 1.29 is 9.21 Å². The molecule has 0 fully saturated rings. The number of fused-ring (bicyclic) bond motifs is 1. The Morgan fingerprint density at radius 2 is 2.40 bits per heavy atom. The zero-order valence-electron chi connectivity index (χ0n) is 11.8. The maximum absolute atomic E-state index is 12.1. The van der Waals surface area contributed by atoms with Gasteiger partial charge in [-0.25, -0.2) is 4.98 Å². The molecule has 0 spiro atoms. The fourth-order valence-corrected chi connectivity index (χ4v) is 2.78. The lowest BCUT2D eigenvalue weighted by atomic mass is 9.97. The number of imidazole rings is 1. The van der Waals surface area contributed by atoms with Crippen molar-refractivity contribution in [2.75, 3.05) is 6.54 Å².